The molecule has 1 heterocycles. The van der Waals surface area contributed by atoms with Crippen LogP contribution in [0.15, 0.2) is 45.7 Å². The Bertz CT molecular complexity index is 1190. The zero-order valence-corrected chi connectivity index (χ0v) is 21.9. The summed E-state index contributed by atoms with van der Waals surface area (Å²) in [6.07, 6.45) is 0.758. The Labute approximate surface area is 214 Å². The molecule has 0 radical (unpaired) electrons. The van der Waals surface area contributed by atoms with Crippen LogP contribution < -0.4 is 0 Å². The summed E-state index contributed by atoms with van der Waals surface area (Å²) in [5.74, 6) is 1.29. The quantitative estimate of drug-likeness (QED) is 0.156. The number of esters is 1. The van der Waals surface area contributed by atoms with Crippen LogP contribution in [-0.2, 0) is 16.0 Å². The average Bonchev–Trinajstić information content (AvgIpc) is 3.21. The van der Waals surface area contributed by atoms with Crippen LogP contribution in [0.25, 0.3) is 11.5 Å². The largest absolute Gasteiger partial charge is 0.465 e. The van der Waals surface area contributed by atoms with Crippen molar-refractivity contribution in [2.24, 2.45) is 0 Å². The van der Waals surface area contributed by atoms with E-state index in [1.54, 1.807) is 31.2 Å². The van der Waals surface area contributed by atoms with E-state index in [0.717, 1.165) is 21.9 Å². The summed E-state index contributed by atoms with van der Waals surface area (Å²) in [4.78, 5) is 30.1. The highest BCUT2D eigenvalue weighted by Crippen LogP contribution is 2.33. The van der Waals surface area contributed by atoms with E-state index in [2.05, 4.69) is 4.98 Å². The lowest BCUT2D eigenvalue weighted by atomic mass is 10.0. The smallest absolute Gasteiger partial charge is 0.316 e. The minimum absolute atomic E-state index is 0.0221. The summed E-state index contributed by atoms with van der Waals surface area (Å²) in [5, 5.41) is 0.999. The number of benzene rings is 2. The van der Waals surface area contributed by atoms with Crippen molar-refractivity contribution in [2.45, 2.75) is 51.3 Å². The second kappa shape index (κ2) is 11.9. The molecule has 2 aromatic carbocycles. The molecular formula is C26H27Cl2NO4S. The molecule has 0 N–H and O–H groups in total. The molecule has 0 aliphatic carbocycles. The number of carbonyl (C=O) groups excluding carboxylic acids is 2. The molecule has 180 valence electrons. The maximum absolute atomic E-state index is 12.9. The molecular weight excluding hydrogens is 493 g/mol. The first-order valence-electron chi connectivity index (χ1n) is 11.1. The zero-order chi connectivity index (χ0) is 24.8. The van der Waals surface area contributed by atoms with Gasteiger partial charge in [0.05, 0.1) is 28.6 Å². The van der Waals surface area contributed by atoms with Crippen molar-refractivity contribution in [2.75, 3.05) is 12.4 Å². The third-order valence-electron chi connectivity index (χ3n) is 5.15. The van der Waals surface area contributed by atoms with Crippen molar-refractivity contribution in [1.29, 1.82) is 0 Å². The van der Waals surface area contributed by atoms with Crippen LogP contribution in [-0.4, -0.2) is 29.1 Å². The number of rotatable bonds is 10. The molecule has 8 heteroatoms. The van der Waals surface area contributed by atoms with Gasteiger partial charge in [-0.2, -0.15) is 0 Å². The van der Waals surface area contributed by atoms with Crippen LogP contribution >= 0.6 is 35.0 Å². The molecule has 0 unspecified atom stereocenters. The Morgan fingerprint density at radius 2 is 1.91 bits per heavy atom. The molecule has 0 spiro atoms. The molecule has 3 rings (SSSR count). The van der Waals surface area contributed by atoms with E-state index < -0.39 is 0 Å². The molecule has 1 aromatic heterocycles. The van der Waals surface area contributed by atoms with Crippen LogP contribution in [0.1, 0.15) is 60.5 Å². The van der Waals surface area contributed by atoms with Crippen molar-refractivity contribution in [3.05, 3.63) is 69.0 Å². The highest BCUT2D eigenvalue weighted by Gasteiger charge is 2.20. The van der Waals surface area contributed by atoms with Crippen LogP contribution in [0.2, 0.25) is 10.0 Å². The summed E-state index contributed by atoms with van der Waals surface area (Å²) < 4.78 is 11.0. The second-order valence-electron chi connectivity index (χ2n) is 8.11. The number of ketones is 1. The van der Waals surface area contributed by atoms with Crippen molar-refractivity contribution in [3.8, 4) is 11.5 Å². The number of aromatic nitrogens is 1. The number of aryl methyl sites for hydroxylation is 2. The van der Waals surface area contributed by atoms with Gasteiger partial charge >= 0.3 is 5.97 Å². The minimum Gasteiger partial charge on any atom is -0.465 e. The highest BCUT2D eigenvalue weighted by molar-refractivity contribution is 8.00. The van der Waals surface area contributed by atoms with Crippen molar-refractivity contribution in [3.63, 3.8) is 0 Å². The van der Waals surface area contributed by atoms with Gasteiger partial charge in [-0.05, 0) is 49.7 Å². The number of halogens is 2. The van der Waals surface area contributed by atoms with Gasteiger partial charge in [-0.1, -0.05) is 43.1 Å². The Morgan fingerprint density at radius 3 is 2.56 bits per heavy atom. The number of Topliss-reactive ketones (excluding diaryl/α,β-unsaturated/α-hetero) is 1. The van der Waals surface area contributed by atoms with Gasteiger partial charge in [0.1, 0.15) is 5.76 Å². The molecule has 0 bridgehead atoms. The number of hydrogen-bond donors (Lipinski definition) is 0. The standard InChI is InChI=1S/C26H27Cl2NO4S/c1-5-32-24(31)14-34-23-11-6-17(12-16(23)4)22(30)10-9-21-25(15(2)3)33-26(29-21)19-8-7-18(27)13-20(19)28/h6-8,11-13,15H,5,9-10,14H2,1-4H3. The Balaban J connectivity index is 1.71. The van der Waals surface area contributed by atoms with E-state index in [4.69, 9.17) is 32.4 Å². The first-order chi connectivity index (χ1) is 16.2. The molecule has 0 aliphatic heterocycles. The molecule has 0 saturated heterocycles. The van der Waals surface area contributed by atoms with Crippen LogP contribution in [0.3, 0.4) is 0 Å². The normalized spacial score (nSPS) is 11.1. The summed E-state index contributed by atoms with van der Waals surface area (Å²) in [5.41, 5.74) is 3.00. The fourth-order valence-corrected chi connectivity index (χ4v) is 4.77. The lowest BCUT2D eigenvalue weighted by Gasteiger charge is -2.08. The number of hydrogen-bond acceptors (Lipinski definition) is 6. The van der Waals surface area contributed by atoms with Gasteiger partial charge in [0.2, 0.25) is 5.89 Å². The van der Waals surface area contributed by atoms with E-state index in [1.165, 1.54) is 11.8 Å². The Morgan fingerprint density at radius 1 is 1.15 bits per heavy atom. The monoisotopic (exact) mass is 519 g/mol. The number of carbonyl (C=O) groups is 2. The molecule has 5 nitrogen and oxygen atoms in total. The van der Waals surface area contributed by atoms with Crippen molar-refractivity contribution < 1.29 is 18.7 Å². The topological polar surface area (TPSA) is 69.4 Å². The third kappa shape index (κ3) is 6.65. The molecule has 3 aromatic rings. The highest BCUT2D eigenvalue weighted by atomic mass is 35.5. The number of thioether (sulfide) groups is 1. The summed E-state index contributed by atoms with van der Waals surface area (Å²) in [6, 6.07) is 10.7. The van der Waals surface area contributed by atoms with Gasteiger partial charge in [-0.3, -0.25) is 9.59 Å². The van der Waals surface area contributed by atoms with Gasteiger partial charge in [0.15, 0.2) is 5.78 Å². The van der Waals surface area contributed by atoms with E-state index in [9.17, 15) is 9.59 Å². The first kappa shape index (κ1) is 26.3. The van der Waals surface area contributed by atoms with Gasteiger partial charge in [-0.25, -0.2) is 4.98 Å². The van der Waals surface area contributed by atoms with Crippen molar-refractivity contribution in [1.82, 2.24) is 4.98 Å². The summed E-state index contributed by atoms with van der Waals surface area (Å²) in [6.45, 7) is 8.13. The fraction of sp³-hybridized carbons (Fsp3) is 0.346. The molecule has 0 atom stereocenters. The van der Waals surface area contributed by atoms with Crippen molar-refractivity contribution >= 4 is 46.7 Å². The molecule has 0 saturated carbocycles. The van der Waals surface area contributed by atoms with E-state index in [0.29, 0.717) is 46.5 Å². The lowest BCUT2D eigenvalue weighted by molar-refractivity contribution is -0.139. The van der Waals surface area contributed by atoms with Gasteiger partial charge in [0.25, 0.3) is 0 Å². The van der Waals surface area contributed by atoms with Gasteiger partial charge < -0.3 is 9.15 Å². The minimum atomic E-state index is -0.250. The first-order valence-corrected chi connectivity index (χ1v) is 12.8. The maximum Gasteiger partial charge on any atom is 0.316 e. The molecule has 34 heavy (non-hydrogen) atoms. The predicted molar refractivity (Wildman–Crippen MR) is 137 cm³/mol. The SMILES string of the molecule is CCOC(=O)CSc1ccc(C(=O)CCc2nc(-c3ccc(Cl)cc3Cl)oc2C(C)C)cc1C. The Kier molecular flexibility index (Phi) is 9.23. The van der Waals surface area contributed by atoms with Crippen LogP contribution in [0.4, 0.5) is 0 Å². The second-order valence-corrected chi connectivity index (χ2v) is 9.97. The number of nitrogens with zero attached hydrogens (tertiary/aromatic N) is 1. The maximum atomic E-state index is 12.9. The number of ether oxygens (including phenoxy) is 1. The van der Waals surface area contributed by atoms with Gasteiger partial charge in [-0.15, -0.1) is 11.8 Å². The van der Waals surface area contributed by atoms with E-state index in [1.807, 2.05) is 32.9 Å². The van der Waals surface area contributed by atoms with E-state index in [-0.39, 0.29) is 23.4 Å². The predicted octanol–water partition coefficient (Wildman–Crippen LogP) is 7.55. The third-order valence-corrected chi connectivity index (χ3v) is 6.85. The molecule has 0 fully saturated rings. The van der Waals surface area contributed by atoms with Gasteiger partial charge in [0, 0.05) is 34.2 Å². The molecule has 0 amide bonds. The summed E-state index contributed by atoms with van der Waals surface area (Å²) in [7, 11) is 0. The number of oxazole rings is 1. The zero-order valence-electron chi connectivity index (χ0n) is 19.6. The lowest BCUT2D eigenvalue weighted by Crippen LogP contribution is -2.07. The molecule has 0 aliphatic rings. The summed E-state index contributed by atoms with van der Waals surface area (Å²) >= 11 is 13.7. The van der Waals surface area contributed by atoms with Crippen LogP contribution in [0, 0.1) is 6.92 Å². The Hall–Kier alpha value is -2.28. The van der Waals surface area contributed by atoms with Crippen LogP contribution in [0.5, 0.6) is 0 Å². The average molecular weight is 520 g/mol. The van der Waals surface area contributed by atoms with E-state index >= 15 is 0 Å². The fourth-order valence-electron chi connectivity index (χ4n) is 3.47.